The molecule has 1 aliphatic rings. The maximum atomic E-state index is 12.5. The summed E-state index contributed by atoms with van der Waals surface area (Å²) in [6.07, 6.45) is 3.46. The molecule has 0 aliphatic carbocycles. The first-order valence-electron chi connectivity index (χ1n) is 9.35. The predicted octanol–water partition coefficient (Wildman–Crippen LogP) is 4.91. The summed E-state index contributed by atoms with van der Waals surface area (Å²) in [6, 6.07) is 17.9. The van der Waals surface area contributed by atoms with Gasteiger partial charge in [0.25, 0.3) is 0 Å². The SMILES string of the molecule is C[C@@H](Nc1ccc(-c2cc3ccccc3o2)cc1)C(=O)N1CCCCC1. The summed E-state index contributed by atoms with van der Waals surface area (Å²) in [4.78, 5) is 14.5. The van der Waals surface area contributed by atoms with Gasteiger partial charge in [0, 0.05) is 29.7 Å². The Morgan fingerprint density at radius 3 is 2.50 bits per heavy atom. The van der Waals surface area contributed by atoms with Crippen molar-refractivity contribution in [1.82, 2.24) is 4.90 Å². The van der Waals surface area contributed by atoms with Crippen molar-refractivity contribution in [2.24, 2.45) is 0 Å². The lowest BCUT2D eigenvalue weighted by molar-refractivity contribution is -0.132. The number of nitrogens with one attached hydrogen (secondary N) is 1. The van der Waals surface area contributed by atoms with Crippen LogP contribution in [0.4, 0.5) is 5.69 Å². The predicted molar refractivity (Wildman–Crippen MR) is 105 cm³/mol. The lowest BCUT2D eigenvalue weighted by Gasteiger charge is -2.29. The molecule has 0 saturated carbocycles. The van der Waals surface area contributed by atoms with Crippen molar-refractivity contribution in [3.05, 3.63) is 54.6 Å². The third-order valence-corrected chi connectivity index (χ3v) is 5.02. The van der Waals surface area contributed by atoms with Gasteiger partial charge in [-0.3, -0.25) is 4.79 Å². The average molecular weight is 348 g/mol. The zero-order chi connectivity index (χ0) is 17.9. The zero-order valence-corrected chi connectivity index (χ0v) is 15.1. The number of piperidine rings is 1. The molecule has 0 bridgehead atoms. The van der Waals surface area contributed by atoms with Gasteiger partial charge < -0.3 is 14.6 Å². The molecule has 1 aromatic heterocycles. The van der Waals surface area contributed by atoms with Crippen molar-refractivity contribution < 1.29 is 9.21 Å². The average Bonchev–Trinajstić information content (AvgIpc) is 3.13. The number of benzene rings is 2. The molecule has 2 heterocycles. The van der Waals surface area contributed by atoms with Gasteiger partial charge in [-0.2, -0.15) is 0 Å². The maximum absolute atomic E-state index is 12.5. The molecular weight excluding hydrogens is 324 g/mol. The Kier molecular flexibility index (Phi) is 4.65. The Hall–Kier alpha value is -2.75. The van der Waals surface area contributed by atoms with Gasteiger partial charge in [-0.15, -0.1) is 0 Å². The van der Waals surface area contributed by atoms with Crippen molar-refractivity contribution in [2.75, 3.05) is 18.4 Å². The summed E-state index contributed by atoms with van der Waals surface area (Å²) in [5.74, 6) is 1.04. The summed E-state index contributed by atoms with van der Waals surface area (Å²) < 4.78 is 5.91. The molecule has 1 amide bonds. The van der Waals surface area contributed by atoms with Crippen molar-refractivity contribution in [3.8, 4) is 11.3 Å². The molecule has 4 heteroatoms. The lowest BCUT2D eigenvalue weighted by atomic mass is 10.1. The number of carbonyl (C=O) groups excluding carboxylic acids is 1. The van der Waals surface area contributed by atoms with Gasteiger partial charge in [0.15, 0.2) is 0 Å². The van der Waals surface area contributed by atoms with Crippen molar-refractivity contribution >= 4 is 22.6 Å². The molecule has 0 spiro atoms. The first-order valence-corrected chi connectivity index (χ1v) is 9.35. The largest absolute Gasteiger partial charge is 0.456 e. The van der Waals surface area contributed by atoms with Crippen LogP contribution < -0.4 is 5.32 Å². The second-order valence-corrected chi connectivity index (χ2v) is 6.98. The highest BCUT2D eigenvalue weighted by molar-refractivity contribution is 5.85. The van der Waals surface area contributed by atoms with E-state index in [0.29, 0.717) is 0 Å². The number of anilines is 1. The van der Waals surface area contributed by atoms with Crippen LogP contribution in [-0.2, 0) is 4.79 Å². The number of para-hydroxylation sites is 1. The van der Waals surface area contributed by atoms with E-state index in [1.54, 1.807) is 0 Å². The number of likely N-dealkylation sites (tertiary alicyclic amines) is 1. The monoisotopic (exact) mass is 348 g/mol. The van der Waals surface area contributed by atoms with Crippen LogP contribution in [0, 0.1) is 0 Å². The molecule has 1 fully saturated rings. The number of furan rings is 1. The van der Waals surface area contributed by atoms with Gasteiger partial charge in [0.2, 0.25) is 5.91 Å². The fourth-order valence-electron chi connectivity index (χ4n) is 3.55. The summed E-state index contributed by atoms with van der Waals surface area (Å²) in [7, 11) is 0. The molecule has 134 valence electrons. The first kappa shape index (κ1) is 16.7. The molecule has 4 nitrogen and oxygen atoms in total. The number of hydrogen-bond donors (Lipinski definition) is 1. The molecule has 1 saturated heterocycles. The molecule has 0 unspecified atom stereocenters. The van der Waals surface area contributed by atoms with Crippen molar-refractivity contribution in [2.45, 2.75) is 32.2 Å². The van der Waals surface area contributed by atoms with Crippen LogP contribution >= 0.6 is 0 Å². The van der Waals surface area contributed by atoms with E-state index in [0.717, 1.165) is 53.9 Å². The van der Waals surface area contributed by atoms with Crippen LogP contribution in [0.3, 0.4) is 0 Å². The van der Waals surface area contributed by atoms with Gasteiger partial charge in [0.1, 0.15) is 17.4 Å². The van der Waals surface area contributed by atoms with Crippen LogP contribution in [0.25, 0.3) is 22.3 Å². The van der Waals surface area contributed by atoms with Crippen LogP contribution in [0.15, 0.2) is 59.0 Å². The summed E-state index contributed by atoms with van der Waals surface area (Å²) >= 11 is 0. The maximum Gasteiger partial charge on any atom is 0.244 e. The number of fused-ring (bicyclic) bond motifs is 1. The fraction of sp³-hybridized carbons (Fsp3) is 0.318. The molecule has 1 N–H and O–H groups in total. The van der Waals surface area contributed by atoms with E-state index in [1.165, 1.54) is 6.42 Å². The smallest absolute Gasteiger partial charge is 0.244 e. The van der Waals surface area contributed by atoms with Gasteiger partial charge in [-0.05, 0) is 62.6 Å². The van der Waals surface area contributed by atoms with Gasteiger partial charge in [0.05, 0.1) is 0 Å². The minimum absolute atomic E-state index is 0.186. The van der Waals surface area contributed by atoms with Crippen molar-refractivity contribution in [3.63, 3.8) is 0 Å². The molecule has 2 aromatic carbocycles. The molecule has 4 rings (SSSR count). The van der Waals surface area contributed by atoms with Gasteiger partial charge in [-0.25, -0.2) is 0 Å². The van der Waals surface area contributed by atoms with Crippen LogP contribution in [-0.4, -0.2) is 29.9 Å². The minimum Gasteiger partial charge on any atom is -0.456 e. The third kappa shape index (κ3) is 3.45. The normalized spacial score (nSPS) is 15.8. The third-order valence-electron chi connectivity index (χ3n) is 5.02. The van der Waals surface area contributed by atoms with Crippen molar-refractivity contribution in [1.29, 1.82) is 0 Å². The van der Waals surface area contributed by atoms with Crippen LogP contribution in [0.2, 0.25) is 0 Å². The number of amides is 1. The Balaban J connectivity index is 1.44. The van der Waals surface area contributed by atoms with Gasteiger partial charge in [-0.1, -0.05) is 18.2 Å². The summed E-state index contributed by atoms with van der Waals surface area (Å²) in [5.41, 5.74) is 2.87. The highest BCUT2D eigenvalue weighted by atomic mass is 16.3. The first-order chi connectivity index (χ1) is 12.7. The van der Waals surface area contributed by atoms with E-state index in [-0.39, 0.29) is 11.9 Å². The minimum atomic E-state index is -0.217. The Labute approximate surface area is 153 Å². The van der Waals surface area contributed by atoms with Gasteiger partial charge >= 0.3 is 0 Å². The van der Waals surface area contributed by atoms with E-state index < -0.39 is 0 Å². The molecular formula is C22H24N2O2. The lowest BCUT2D eigenvalue weighted by Crippen LogP contribution is -2.43. The molecule has 0 radical (unpaired) electrons. The molecule has 1 aliphatic heterocycles. The quantitative estimate of drug-likeness (QED) is 0.728. The standard InChI is InChI=1S/C22H24N2O2/c1-16(22(25)24-13-5-2-6-14-24)23-19-11-9-17(10-12-19)21-15-18-7-3-4-8-20(18)26-21/h3-4,7-12,15-16,23H,2,5-6,13-14H2,1H3/t16-/m1/s1. The Bertz CT molecular complexity index is 859. The number of carbonyl (C=O) groups is 1. The van der Waals surface area contributed by atoms with Crippen LogP contribution in [0.1, 0.15) is 26.2 Å². The van der Waals surface area contributed by atoms with E-state index >= 15 is 0 Å². The number of nitrogens with zero attached hydrogens (tertiary/aromatic N) is 1. The second-order valence-electron chi connectivity index (χ2n) is 6.98. The zero-order valence-electron chi connectivity index (χ0n) is 15.1. The van der Waals surface area contributed by atoms with E-state index in [4.69, 9.17) is 4.42 Å². The van der Waals surface area contributed by atoms with E-state index in [2.05, 4.69) is 11.4 Å². The Morgan fingerprint density at radius 2 is 1.77 bits per heavy atom. The van der Waals surface area contributed by atoms with Crippen LogP contribution in [0.5, 0.6) is 0 Å². The number of rotatable bonds is 4. The summed E-state index contributed by atoms with van der Waals surface area (Å²) in [6.45, 7) is 3.70. The molecule has 26 heavy (non-hydrogen) atoms. The second kappa shape index (κ2) is 7.24. The highest BCUT2D eigenvalue weighted by Gasteiger charge is 2.21. The highest BCUT2D eigenvalue weighted by Crippen LogP contribution is 2.28. The fourth-order valence-corrected chi connectivity index (χ4v) is 3.55. The van der Waals surface area contributed by atoms with E-state index in [1.807, 2.05) is 60.4 Å². The topological polar surface area (TPSA) is 45.5 Å². The Morgan fingerprint density at radius 1 is 1.04 bits per heavy atom. The molecule has 3 aromatic rings. The van der Waals surface area contributed by atoms with E-state index in [9.17, 15) is 4.79 Å². The summed E-state index contributed by atoms with van der Waals surface area (Å²) in [5, 5.41) is 4.42. The number of hydrogen-bond acceptors (Lipinski definition) is 3. The molecule has 1 atom stereocenters.